The van der Waals surface area contributed by atoms with Crippen molar-refractivity contribution in [1.82, 2.24) is 14.9 Å². The maximum atomic E-state index is 16.5. The number of nitrogen functional groups attached to an aromatic ring is 1. The van der Waals surface area contributed by atoms with Crippen LogP contribution in [-0.4, -0.2) is 60.9 Å². The fourth-order valence-electron chi connectivity index (χ4n) is 5.37. The number of fused-ring (bicyclic) bond motifs is 2. The molecule has 4 aromatic rings. The first-order chi connectivity index (χ1) is 19.9. The molecule has 0 spiro atoms. The molecule has 1 fully saturated rings. The number of thiophene rings is 1. The van der Waals surface area contributed by atoms with Crippen LogP contribution in [0.3, 0.4) is 0 Å². The van der Waals surface area contributed by atoms with Crippen LogP contribution >= 0.6 is 11.3 Å². The molecule has 1 amide bonds. The summed E-state index contributed by atoms with van der Waals surface area (Å²) in [6, 6.07) is 3.75. The topological polar surface area (TPSA) is 118 Å². The minimum absolute atomic E-state index is 0.0197. The summed E-state index contributed by atoms with van der Waals surface area (Å²) in [5, 5.41) is 9.08. The number of halogens is 5. The molecular formula is C27H23F5N6O3S. The Kier molecular flexibility index (Phi) is 7.44. The first-order valence-corrected chi connectivity index (χ1v) is 13.4. The lowest BCUT2D eigenvalue weighted by molar-refractivity contribution is -0.137. The van der Waals surface area contributed by atoms with Gasteiger partial charge in [0.15, 0.2) is 5.82 Å². The fourth-order valence-corrected chi connectivity index (χ4v) is 6.32. The lowest BCUT2D eigenvalue weighted by atomic mass is 9.92. The van der Waals surface area contributed by atoms with E-state index in [1.54, 1.807) is 17.9 Å². The van der Waals surface area contributed by atoms with Gasteiger partial charge in [-0.25, -0.2) is 13.6 Å². The van der Waals surface area contributed by atoms with Gasteiger partial charge in [-0.15, -0.1) is 11.3 Å². The molecule has 0 radical (unpaired) electrons. The first-order valence-electron chi connectivity index (χ1n) is 12.6. The van der Waals surface area contributed by atoms with E-state index in [0.717, 1.165) is 18.2 Å². The van der Waals surface area contributed by atoms with Gasteiger partial charge in [0.1, 0.15) is 28.2 Å². The molecule has 2 aromatic carbocycles. The zero-order valence-corrected chi connectivity index (χ0v) is 23.3. The molecule has 1 aliphatic heterocycles. The van der Waals surface area contributed by atoms with Crippen molar-refractivity contribution in [2.45, 2.75) is 25.6 Å². The molecule has 1 atom stereocenters. The van der Waals surface area contributed by atoms with Crippen molar-refractivity contribution in [2.24, 2.45) is 0 Å². The van der Waals surface area contributed by atoms with Gasteiger partial charge in [0.05, 0.1) is 30.0 Å². The van der Waals surface area contributed by atoms with E-state index in [4.69, 9.17) is 15.2 Å². The summed E-state index contributed by atoms with van der Waals surface area (Å²) in [7, 11) is 2.48. The number of nitriles is 1. The number of ether oxygens (including phenoxy) is 2. The van der Waals surface area contributed by atoms with Gasteiger partial charge in [0.25, 0.3) is 0 Å². The monoisotopic (exact) mass is 606 g/mol. The lowest BCUT2D eigenvalue weighted by Gasteiger charge is -2.30. The number of carbonyl (C=O) groups is 1. The Bertz CT molecular complexity index is 1770. The summed E-state index contributed by atoms with van der Waals surface area (Å²) >= 11 is 0.682. The van der Waals surface area contributed by atoms with Crippen molar-refractivity contribution in [3.05, 3.63) is 41.0 Å². The van der Waals surface area contributed by atoms with Crippen molar-refractivity contribution in [3.8, 4) is 23.2 Å². The number of benzene rings is 2. The Hall–Kier alpha value is -4.45. The Morgan fingerprint density at radius 1 is 1.29 bits per heavy atom. The zero-order valence-electron chi connectivity index (χ0n) is 22.5. The third-order valence-corrected chi connectivity index (χ3v) is 8.25. The average molecular weight is 607 g/mol. The number of alkyl halides is 3. The molecule has 0 saturated carbocycles. The second-order valence-electron chi connectivity index (χ2n) is 9.44. The van der Waals surface area contributed by atoms with Gasteiger partial charge in [-0.3, -0.25) is 0 Å². The Labute approximate surface area is 239 Å². The van der Waals surface area contributed by atoms with Crippen LogP contribution in [0.25, 0.3) is 32.1 Å². The number of methoxy groups -OCH3 is 2. The van der Waals surface area contributed by atoms with E-state index in [9.17, 15) is 27.6 Å². The van der Waals surface area contributed by atoms with E-state index >= 15 is 4.39 Å². The lowest BCUT2D eigenvalue weighted by Crippen LogP contribution is -2.39. The van der Waals surface area contributed by atoms with Crippen LogP contribution in [-0.2, 0) is 10.9 Å². The van der Waals surface area contributed by atoms with Crippen molar-refractivity contribution in [1.29, 1.82) is 5.26 Å². The number of nitrogens with zero attached hydrogens (tertiary/aromatic N) is 5. The van der Waals surface area contributed by atoms with Gasteiger partial charge in [-0.1, -0.05) is 6.07 Å². The van der Waals surface area contributed by atoms with E-state index < -0.39 is 40.5 Å². The molecule has 2 N–H and O–H groups in total. The fraction of sp³-hybridized carbons (Fsp3) is 0.333. The highest BCUT2D eigenvalue weighted by molar-refractivity contribution is 7.23. The second-order valence-corrected chi connectivity index (χ2v) is 10.5. The molecule has 0 aliphatic carbocycles. The van der Waals surface area contributed by atoms with Crippen LogP contribution in [0.1, 0.15) is 24.5 Å². The van der Waals surface area contributed by atoms with E-state index in [1.165, 1.54) is 19.1 Å². The Morgan fingerprint density at radius 3 is 2.64 bits per heavy atom. The van der Waals surface area contributed by atoms with Gasteiger partial charge in [0.2, 0.25) is 0 Å². The largest absolute Gasteiger partial charge is 0.467 e. The van der Waals surface area contributed by atoms with Crippen LogP contribution in [0.5, 0.6) is 6.01 Å². The van der Waals surface area contributed by atoms with Crippen LogP contribution in [0.2, 0.25) is 0 Å². The number of hydrogen-bond acceptors (Lipinski definition) is 9. The van der Waals surface area contributed by atoms with Gasteiger partial charge in [-0.2, -0.15) is 28.4 Å². The van der Waals surface area contributed by atoms with Crippen molar-refractivity contribution < 1.29 is 36.2 Å². The van der Waals surface area contributed by atoms with Gasteiger partial charge < -0.3 is 25.0 Å². The van der Waals surface area contributed by atoms with Crippen molar-refractivity contribution in [2.75, 3.05) is 44.5 Å². The number of nitrogens with two attached hydrogens (primary N) is 1. The standard InChI is InChI=1S/C27H23F5N6O3S/c1-4-38(12-7-8-37(11-12)26(39)41-3)24-14-9-16(27(30,31)32)19(20(29)21(14)35-25(36-24)40-2)13-5-6-17(28)22-18(13)15(10-33)23(34)42-22/h5-6,9,12H,4,7-8,11,34H2,1-3H3. The number of aromatic nitrogens is 2. The van der Waals surface area contributed by atoms with E-state index in [2.05, 4.69) is 9.97 Å². The normalized spacial score (nSPS) is 15.3. The molecule has 2 aromatic heterocycles. The second kappa shape index (κ2) is 10.8. The number of likely N-dealkylation sites (N-methyl/N-ethyl adjacent to an activating group) is 1. The summed E-state index contributed by atoms with van der Waals surface area (Å²) in [4.78, 5) is 23.5. The molecule has 1 unspecified atom stereocenters. The van der Waals surface area contributed by atoms with E-state index in [-0.39, 0.29) is 62.6 Å². The summed E-state index contributed by atoms with van der Waals surface area (Å²) in [6.45, 7) is 2.53. The molecule has 15 heteroatoms. The predicted octanol–water partition coefficient (Wildman–Crippen LogP) is 5.94. The SMILES string of the molecule is CCN(c1nc(OC)nc2c(F)c(-c3ccc(F)c4sc(N)c(C#N)c34)c(C(F)(F)F)cc12)C1CCN(C(=O)OC)C1. The molecule has 3 heterocycles. The zero-order chi connectivity index (χ0) is 30.5. The highest BCUT2D eigenvalue weighted by atomic mass is 32.1. The van der Waals surface area contributed by atoms with Gasteiger partial charge >= 0.3 is 18.3 Å². The number of likely N-dealkylation sites (tertiary alicyclic amines) is 1. The van der Waals surface area contributed by atoms with Crippen LogP contribution in [0, 0.1) is 23.0 Å². The maximum Gasteiger partial charge on any atom is 0.417 e. The highest BCUT2D eigenvalue weighted by Crippen LogP contribution is 2.48. The van der Waals surface area contributed by atoms with Gasteiger partial charge in [-0.05, 0) is 31.0 Å². The number of anilines is 2. The Balaban J connectivity index is 1.82. The number of rotatable bonds is 5. The smallest absolute Gasteiger partial charge is 0.417 e. The van der Waals surface area contributed by atoms with E-state index in [1.807, 2.05) is 0 Å². The molecule has 0 bridgehead atoms. The third kappa shape index (κ3) is 4.65. The Morgan fingerprint density at radius 2 is 2.02 bits per heavy atom. The van der Waals surface area contributed by atoms with Crippen molar-refractivity contribution >= 4 is 49.2 Å². The van der Waals surface area contributed by atoms with E-state index in [0.29, 0.717) is 24.3 Å². The average Bonchev–Trinajstić information content (AvgIpc) is 3.58. The quantitative estimate of drug-likeness (QED) is 0.278. The summed E-state index contributed by atoms with van der Waals surface area (Å²) in [5.74, 6) is -2.19. The number of hydrogen-bond donors (Lipinski definition) is 1. The molecule has 42 heavy (non-hydrogen) atoms. The molecule has 1 aliphatic rings. The third-order valence-electron chi connectivity index (χ3n) is 7.23. The molecule has 9 nitrogen and oxygen atoms in total. The number of carbonyl (C=O) groups excluding carboxylic acids is 1. The molecule has 220 valence electrons. The van der Waals surface area contributed by atoms with Crippen LogP contribution < -0.4 is 15.4 Å². The van der Waals surface area contributed by atoms with Crippen LogP contribution in [0.15, 0.2) is 18.2 Å². The first kappa shape index (κ1) is 29.1. The predicted molar refractivity (Wildman–Crippen MR) is 146 cm³/mol. The summed E-state index contributed by atoms with van der Waals surface area (Å²) < 4.78 is 85.1. The molecular weight excluding hydrogens is 583 g/mol. The summed E-state index contributed by atoms with van der Waals surface area (Å²) in [6.07, 6.45) is -5.18. The number of amides is 1. The minimum atomic E-state index is -5.08. The highest BCUT2D eigenvalue weighted by Gasteiger charge is 2.39. The maximum absolute atomic E-state index is 16.5. The molecule has 5 rings (SSSR count). The van der Waals surface area contributed by atoms with Gasteiger partial charge in [0, 0.05) is 42.0 Å². The minimum Gasteiger partial charge on any atom is -0.467 e. The summed E-state index contributed by atoms with van der Waals surface area (Å²) in [5.41, 5.74) is 2.49. The van der Waals surface area contributed by atoms with Crippen LogP contribution in [0.4, 0.5) is 37.6 Å². The molecule has 1 saturated heterocycles. The van der Waals surface area contributed by atoms with Crippen molar-refractivity contribution in [3.63, 3.8) is 0 Å².